The highest BCUT2D eigenvalue weighted by atomic mass is 32.1. The van der Waals surface area contributed by atoms with Crippen LogP contribution in [-0.2, 0) is 12.6 Å². The molecule has 0 saturated carbocycles. The minimum Gasteiger partial charge on any atom is -0.721 e. The summed E-state index contributed by atoms with van der Waals surface area (Å²) in [6.07, 6.45) is 0. The van der Waals surface area contributed by atoms with Gasteiger partial charge in [0.15, 0.2) is 5.58 Å². The lowest BCUT2D eigenvalue weighted by Crippen LogP contribution is -1.86. The zero-order valence-electron chi connectivity index (χ0n) is 6.26. The van der Waals surface area contributed by atoms with E-state index in [-0.39, 0.29) is 10.9 Å². The summed E-state index contributed by atoms with van der Waals surface area (Å²) in [5.41, 5.74) is 0.866. The summed E-state index contributed by atoms with van der Waals surface area (Å²) in [4.78, 5) is 13.7. The van der Waals surface area contributed by atoms with Gasteiger partial charge >= 0.3 is 0 Å². The van der Waals surface area contributed by atoms with E-state index in [9.17, 15) is 10.1 Å². The molecule has 1 heterocycles. The first-order chi connectivity index (χ1) is 6.16. The lowest BCUT2D eigenvalue weighted by atomic mass is 10.3. The molecule has 13 heavy (non-hydrogen) atoms. The maximum atomic E-state index is 10.4. The minimum absolute atomic E-state index is 0.0178. The van der Waals surface area contributed by atoms with Crippen LogP contribution in [0.3, 0.4) is 0 Å². The molecule has 0 spiro atoms. The number of fused-ring (bicyclic) bond motifs is 1. The Morgan fingerprint density at radius 2 is 2.31 bits per heavy atom. The van der Waals surface area contributed by atoms with Crippen LogP contribution in [0.25, 0.3) is 11.1 Å². The Bertz CT molecular complexity index is 480. The zero-order chi connectivity index (χ0) is 9.42. The Kier molecular flexibility index (Phi) is 1.63. The Balaban J connectivity index is 2.67. The van der Waals surface area contributed by atoms with E-state index in [1.54, 1.807) is 0 Å². The summed E-state index contributed by atoms with van der Waals surface area (Å²) in [5.74, 6) is 0. The summed E-state index contributed by atoms with van der Waals surface area (Å²) in [7, 11) is 0. The highest BCUT2D eigenvalue weighted by Gasteiger charge is 2.07. The van der Waals surface area contributed by atoms with Crippen LogP contribution in [0.1, 0.15) is 0 Å². The van der Waals surface area contributed by atoms with Gasteiger partial charge in [-0.3, -0.25) is 10.1 Å². The van der Waals surface area contributed by atoms with Gasteiger partial charge < -0.3 is 17.0 Å². The van der Waals surface area contributed by atoms with Gasteiger partial charge in [0.1, 0.15) is 5.52 Å². The first kappa shape index (κ1) is 7.93. The summed E-state index contributed by atoms with van der Waals surface area (Å²) in [6, 6.07) is 4.16. The molecule has 0 radical (unpaired) electrons. The molecular weight excluding hydrogens is 192 g/mol. The molecule has 0 aliphatic heterocycles. The third-order valence-electron chi connectivity index (χ3n) is 1.56. The molecule has 0 fully saturated rings. The van der Waals surface area contributed by atoms with E-state index in [1.807, 2.05) is 0 Å². The predicted molar refractivity (Wildman–Crippen MR) is 46.3 cm³/mol. The number of oxazole rings is 1. The fourth-order valence-corrected chi connectivity index (χ4v) is 1.20. The van der Waals surface area contributed by atoms with Crippen molar-refractivity contribution in [3.05, 3.63) is 28.3 Å². The number of non-ortho nitro benzene ring substituents is 1. The van der Waals surface area contributed by atoms with Crippen molar-refractivity contribution in [3.63, 3.8) is 0 Å². The van der Waals surface area contributed by atoms with Crippen molar-refractivity contribution in [2.75, 3.05) is 0 Å². The number of aromatic nitrogens is 1. The van der Waals surface area contributed by atoms with E-state index in [1.165, 1.54) is 18.2 Å². The van der Waals surface area contributed by atoms with Gasteiger partial charge in [-0.25, -0.2) is 4.98 Å². The average molecular weight is 195 g/mol. The van der Waals surface area contributed by atoms with E-state index in [2.05, 4.69) is 17.6 Å². The van der Waals surface area contributed by atoms with Crippen LogP contribution in [0.2, 0.25) is 0 Å². The highest BCUT2D eigenvalue weighted by molar-refractivity contribution is 7.58. The van der Waals surface area contributed by atoms with E-state index in [4.69, 9.17) is 4.42 Å². The molecule has 1 aromatic heterocycles. The molecule has 0 aliphatic rings. The molecule has 5 nitrogen and oxygen atoms in total. The van der Waals surface area contributed by atoms with Crippen molar-refractivity contribution in [2.45, 2.75) is 5.22 Å². The smallest absolute Gasteiger partial charge is 0.271 e. The Hall–Kier alpha value is -1.69. The van der Waals surface area contributed by atoms with Gasteiger partial charge in [-0.2, -0.15) is 0 Å². The topological polar surface area (TPSA) is 69.2 Å². The summed E-state index contributed by atoms with van der Waals surface area (Å²) in [5, 5.41) is 10.5. The van der Waals surface area contributed by atoms with E-state index in [0.717, 1.165) is 0 Å². The van der Waals surface area contributed by atoms with Crippen LogP contribution in [0, 0.1) is 10.1 Å². The first-order valence-corrected chi connectivity index (χ1v) is 3.79. The SMILES string of the molecule is O=[N+]([O-])c1ccc2oc([S-])nc2c1. The average Bonchev–Trinajstić information content (AvgIpc) is 2.42. The molecule has 0 amide bonds. The van der Waals surface area contributed by atoms with Crippen LogP contribution in [-0.4, -0.2) is 9.91 Å². The highest BCUT2D eigenvalue weighted by Crippen LogP contribution is 2.20. The van der Waals surface area contributed by atoms with Crippen LogP contribution in [0.15, 0.2) is 27.8 Å². The summed E-state index contributed by atoms with van der Waals surface area (Å²) >= 11 is 4.67. The molecule has 6 heteroatoms. The molecular formula is C7H3N2O3S-. The molecule has 0 unspecified atom stereocenters. The fraction of sp³-hybridized carbons (Fsp3) is 0. The molecule has 0 N–H and O–H groups in total. The van der Waals surface area contributed by atoms with Gasteiger partial charge in [0.25, 0.3) is 5.69 Å². The Morgan fingerprint density at radius 1 is 1.54 bits per heavy atom. The zero-order valence-corrected chi connectivity index (χ0v) is 7.08. The molecule has 2 aromatic rings. The normalized spacial score (nSPS) is 10.5. The number of rotatable bonds is 1. The lowest BCUT2D eigenvalue weighted by molar-refractivity contribution is -0.384. The Morgan fingerprint density at radius 3 is 3.00 bits per heavy atom. The van der Waals surface area contributed by atoms with Crippen molar-refractivity contribution >= 4 is 29.4 Å². The standard InChI is InChI=1S/C7H4N2O3S/c10-9(11)4-1-2-6-5(3-4)8-7(13)12-6/h1-3H,(H,8,13)/p-1. The Labute approximate surface area is 77.9 Å². The second-order valence-corrected chi connectivity index (χ2v) is 2.74. The number of nitrogens with zero attached hydrogens (tertiary/aromatic N) is 2. The third-order valence-corrected chi connectivity index (χ3v) is 1.74. The molecule has 66 valence electrons. The number of nitro groups is 1. The second-order valence-electron chi connectivity index (χ2n) is 2.39. The number of benzene rings is 1. The van der Waals surface area contributed by atoms with Gasteiger partial charge in [0.05, 0.1) is 10.1 Å². The van der Waals surface area contributed by atoms with Crippen LogP contribution in [0.5, 0.6) is 0 Å². The predicted octanol–water partition coefficient (Wildman–Crippen LogP) is 1.64. The van der Waals surface area contributed by atoms with Crippen LogP contribution >= 0.6 is 0 Å². The molecule has 0 bridgehead atoms. The molecule has 0 saturated heterocycles. The lowest BCUT2D eigenvalue weighted by Gasteiger charge is -1.88. The second kappa shape index (κ2) is 2.67. The molecule has 0 aliphatic carbocycles. The van der Waals surface area contributed by atoms with Crippen molar-refractivity contribution in [2.24, 2.45) is 0 Å². The monoisotopic (exact) mass is 195 g/mol. The van der Waals surface area contributed by atoms with E-state index in [0.29, 0.717) is 11.1 Å². The van der Waals surface area contributed by atoms with Gasteiger partial charge in [-0.15, -0.1) is 0 Å². The summed E-state index contributed by atoms with van der Waals surface area (Å²) < 4.78 is 4.98. The molecule has 2 rings (SSSR count). The van der Waals surface area contributed by atoms with E-state index >= 15 is 0 Å². The largest absolute Gasteiger partial charge is 0.721 e. The fourth-order valence-electron chi connectivity index (χ4n) is 1.01. The quantitative estimate of drug-likeness (QED) is 0.393. The third kappa shape index (κ3) is 1.31. The summed E-state index contributed by atoms with van der Waals surface area (Å²) in [6.45, 7) is 0. The van der Waals surface area contributed by atoms with Gasteiger partial charge in [-0.05, 0) is 6.07 Å². The van der Waals surface area contributed by atoms with Gasteiger partial charge in [0.2, 0.25) is 0 Å². The number of nitro benzene ring substituents is 1. The minimum atomic E-state index is -0.489. The van der Waals surface area contributed by atoms with Crippen molar-refractivity contribution in [3.8, 4) is 0 Å². The van der Waals surface area contributed by atoms with Crippen molar-refractivity contribution < 1.29 is 9.34 Å². The number of hydrogen-bond acceptors (Lipinski definition) is 5. The maximum Gasteiger partial charge on any atom is 0.271 e. The molecule has 0 atom stereocenters. The van der Waals surface area contributed by atoms with Crippen molar-refractivity contribution in [1.82, 2.24) is 4.98 Å². The maximum absolute atomic E-state index is 10.4. The van der Waals surface area contributed by atoms with Crippen LogP contribution in [0.4, 0.5) is 5.69 Å². The van der Waals surface area contributed by atoms with Gasteiger partial charge in [-0.1, -0.05) is 0 Å². The van der Waals surface area contributed by atoms with Crippen LogP contribution < -0.4 is 0 Å². The first-order valence-electron chi connectivity index (χ1n) is 3.39. The molecule has 1 aromatic carbocycles. The van der Waals surface area contributed by atoms with E-state index < -0.39 is 4.92 Å². The van der Waals surface area contributed by atoms with Gasteiger partial charge in [0, 0.05) is 12.1 Å². The van der Waals surface area contributed by atoms with Crippen molar-refractivity contribution in [1.29, 1.82) is 0 Å². The number of hydrogen-bond donors (Lipinski definition) is 0.